The maximum Gasteiger partial charge on any atom is 0.490 e. The average molecular weight is 483 g/mol. The zero-order valence-electron chi connectivity index (χ0n) is 18.9. The zero-order valence-corrected chi connectivity index (χ0v) is 18.9. The van der Waals surface area contributed by atoms with E-state index in [0.29, 0.717) is 47.3 Å². The Morgan fingerprint density at radius 3 is 2.41 bits per heavy atom. The third-order valence-electron chi connectivity index (χ3n) is 4.64. The van der Waals surface area contributed by atoms with Crippen LogP contribution in [0.1, 0.15) is 16.7 Å². The molecule has 0 spiro atoms. The van der Waals surface area contributed by atoms with Crippen LogP contribution in [-0.2, 0) is 11.2 Å². The summed E-state index contributed by atoms with van der Waals surface area (Å²) < 4.78 is 48.4. The Balaban J connectivity index is 0.000000509. The number of nitrogens with zero attached hydrogens (tertiary/aromatic N) is 3. The Bertz CT molecular complexity index is 1100. The number of nitriles is 1. The number of halogens is 3. The van der Waals surface area contributed by atoms with Crippen LogP contribution in [-0.4, -0.2) is 68.5 Å². The van der Waals surface area contributed by atoms with Gasteiger partial charge in [0.15, 0.2) is 11.5 Å². The number of hydrogen-bond acceptors (Lipinski definition) is 9. The molecule has 0 radical (unpaired) electrons. The van der Waals surface area contributed by atoms with E-state index < -0.39 is 12.1 Å². The molecule has 2 aromatic rings. The summed E-state index contributed by atoms with van der Waals surface area (Å²) in [6.07, 6.45) is -4.54. The van der Waals surface area contributed by atoms with Gasteiger partial charge < -0.3 is 35.3 Å². The predicted molar refractivity (Wildman–Crippen MR) is 117 cm³/mol. The van der Waals surface area contributed by atoms with Gasteiger partial charge in [0.1, 0.15) is 23.2 Å². The predicted octanol–water partition coefficient (Wildman–Crippen LogP) is 2.86. The third kappa shape index (κ3) is 6.10. The summed E-state index contributed by atoms with van der Waals surface area (Å²) in [7, 11) is 7.14. The molecule has 2 heterocycles. The van der Waals surface area contributed by atoms with Crippen molar-refractivity contribution in [2.75, 3.05) is 52.5 Å². The molecule has 4 N–H and O–H groups in total. The van der Waals surface area contributed by atoms with E-state index in [0.717, 1.165) is 17.7 Å². The smallest absolute Gasteiger partial charge is 0.490 e. The highest BCUT2D eigenvalue weighted by molar-refractivity contribution is 5.75. The fraction of sp³-hybridized carbons (Fsp3) is 0.381. The van der Waals surface area contributed by atoms with Crippen LogP contribution < -0.4 is 25.3 Å². The highest BCUT2D eigenvalue weighted by Gasteiger charge is 2.38. The van der Waals surface area contributed by atoms with Gasteiger partial charge in [-0.25, -0.2) is 4.79 Å². The number of hydrogen-bond donors (Lipinski definition) is 3. The van der Waals surface area contributed by atoms with Crippen LogP contribution in [0.15, 0.2) is 12.1 Å². The number of aromatic nitrogens is 1. The second-order valence-electron chi connectivity index (χ2n) is 7.27. The van der Waals surface area contributed by atoms with E-state index in [2.05, 4.69) is 21.3 Å². The summed E-state index contributed by atoms with van der Waals surface area (Å²) >= 11 is 0. The quantitative estimate of drug-likeness (QED) is 0.479. The van der Waals surface area contributed by atoms with Crippen molar-refractivity contribution in [3.05, 3.63) is 28.8 Å². The first-order chi connectivity index (χ1) is 15.9. The lowest BCUT2D eigenvalue weighted by Crippen LogP contribution is -2.22. The Hall–Kier alpha value is -3.92. The Kier molecular flexibility index (Phi) is 8.36. The number of ether oxygens (including phenoxy) is 3. The lowest BCUT2D eigenvalue weighted by Gasteiger charge is -2.25. The minimum absolute atomic E-state index is 0.146. The molecule has 0 aliphatic carbocycles. The van der Waals surface area contributed by atoms with Crippen molar-refractivity contribution >= 4 is 17.5 Å². The molecule has 1 aromatic carbocycles. The summed E-state index contributed by atoms with van der Waals surface area (Å²) in [5.74, 6) is -0.380. The number of alkyl halides is 3. The van der Waals surface area contributed by atoms with Crippen LogP contribution in [0.3, 0.4) is 0 Å². The highest BCUT2D eigenvalue weighted by atomic mass is 19.4. The normalized spacial score (nSPS) is 11.7. The maximum absolute atomic E-state index is 10.6. The number of benzene rings is 1. The number of carboxylic acids is 1. The first-order valence-electron chi connectivity index (χ1n) is 9.76. The number of anilines is 2. The molecule has 184 valence electrons. The van der Waals surface area contributed by atoms with Gasteiger partial charge in [-0.05, 0) is 20.2 Å². The van der Waals surface area contributed by atoms with Gasteiger partial charge in [-0.3, -0.25) is 0 Å². The number of pyridine rings is 1. The number of carbonyl (C=O) groups is 1. The van der Waals surface area contributed by atoms with Gasteiger partial charge in [-0.2, -0.15) is 23.4 Å². The van der Waals surface area contributed by atoms with E-state index >= 15 is 0 Å². The Labute approximate surface area is 193 Å². The molecular weight excluding hydrogens is 459 g/mol. The molecule has 3 rings (SSSR count). The van der Waals surface area contributed by atoms with Gasteiger partial charge in [0.25, 0.3) is 0 Å². The van der Waals surface area contributed by atoms with Crippen LogP contribution in [0, 0.1) is 11.3 Å². The highest BCUT2D eigenvalue weighted by Crippen LogP contribution is 2.45. The average Bonchev–Trinajstić information content (AvgIpc) is 2.76. The molecule has 34 heavy (non-hydrogen) atoms. The lowest BCUT2D eigenvalue weighted by molar-refractivity contribution is -0.192. The fourth-order valence-corrected chi connectivity index (χ4v) is 3.01. The van der Waals surface area contributed by atoms with Crippen molar-refractivity contribution in [3.63, 3.8) is 0 Å². The standard InChI is InChI=1S/C19H23N5O3.C2HF3O2/c1-24(2)6-5-22-17-12-7-11-8-15(25-3)16(26-4)9-14(11)27-19(12)23-18(21)13(17)10-20;3-2(4,5)1(6)7/h8-9H,5-7H2,1-4H3,(H3,21,22,23);(H,6,7). The largest absolute Gasteiger partial charge is 0.493 e. The SMILES string of the molecule is COc1cc2c(cc1OC)Oc1nc(N)c(C#N)c(NCCN(C)C)c1C2.O=C(O)C(F)(F)F. The Morgan fingerprint density at radius 2 is 1.91 bits per heavy atom. The van der Waals surface area contributed by atoms with Crippen molar-refractivity contribution in [1.82, 2.24) is 9.88 Å². The molecule has 13 heteroatoms. The topological polar surface area (TPSA) is 143 Å². The van der Waals surface area contributed by atoms with Crippen LogP contribution in [0.25, 0.3) is 0 Å². The number of carboxylic acid groups (broad SMARTS) is 1. The van der Waals surface area contributed by atoms with E-state index in [1.54, 1.807) is 20.3 Å². The monoisotopic (exact) mass is 483 g/mol. The van der Waals surface area contributed by atoms with Crippen molar-refractivity contribution in [2.24, 2.45) is 0 Å². The lowest BCUT2D eigenvalue weighted by atomic mass is 9.98. The van der Waals surface area contributed by atoms with Crippen molar-refractivity contribution in [3.8, 4) is 29.2 Å². The molecule has 0 bridgehead atoms. The molecule has 0 atom stereocenters. The van der Waals surface area contributed by atoms with E-state index in [9.17, 15) is 18.4 Å². The van der Waals surface area contributed by atoms with Crippen LogP contribution in [0.2, 0.25) is 0 Å². The van der Waals surface area contributed by atoms with Gasteiger partial charge in [0.2, 0.25) is 5.88 Å². The van der Waals surface area contributed by atoms with Crippen molar-refractivity contribution in [2.45, 2.75) is 12.6 Å². The molecule has 1 aliphatic heterocycles. The van der Waals surface area contributed by atoms with E-state index in [1.165, 1.54) is 0 Å². The minimum Gasteiger partial charge on any atom is -0.493 e. The number of likely N-dealkylation sites (N-methyl/N-ethyl adjacent to an activating group) is 1. The summed E-state index contributed by atoms with van der Waals surface area (Å²) in [6.45, 7) is 1.47. The number of nitrogens with one attached hydrogen (secondary N) is 1. The first-order valence-corrected chi connectivity index (χ1v) is 9.76. The van der Waals surface area contributed by atoms with Gasteiger partial charge in [0.05, 0.1) is 19.9 Å². The number of nitrogens with two attached hydrogens (primary N) is 1. The van der Waals surface area contributed by atoms with Gasteiger partial charge >= 0.3 is 12.1 Å². The van der Waals surface area contributed by atoms with Gasteiger partial charge in [-0.1, -0.05) is 0 Å². The molecule has 0 unspecified atom stereocenters. The summed E-state index contributed by atoms with van der Waals surface area (Å²) in [5.41, 5.74) is 8.73. The molecule has 0 fully saturated rings. The van der Waals surface area contributed by atoms with Gasteiger partial charge in [0, 0.05) is 36.7 Å². The van der Waals surface area contributed by atoms with E-state index in [4.69, 9.17) is 29.8 Å². The fourth-order valence-electron chi connectivity index (χ4n) is 3.01. The first kappa shape index (κ1) is 26.3. The number of rotatable bonds is 6. The Morgan fingerprint density at radius 1 is 1.32 bits per heavy atom. The van der Waals surface area contributed by atoms with E-state index in [1.807, 2.05) is 20.2 Å². The van der Waals surface area contributed by atoms with Crippen molar-refractivity contribution in [1.29, 1.82) is 5.26 Å². The molecular formula is C21H24F3N5O5. The van der Waals surface area contributed by atoms with Crippen LogP contribution in [0.5, 0.6) is 23.1 Å². The zero-order chi connectivity index (χ0) is 25.6. The molecule has 10 nitrogen and oxygen atoms in total. The van der Waals surface area contributed by atoms with Crippen LogP contribution >= 0.6 is 0 Å². The van der Waals surface area contributed by atoms with Crippen LogP contribution in [0.4, 0.5) is 24.7 Å². The number of nitrogen functional groups attached to an aromatic ring is 1. The van der Waals surface area contributed by atoms with Gasteiger partial charge in [-0.15, -0.1) is 0 Å². The van der Waals surface area contributed by atoms with E-state index in [-0.39, 0.29) is 5.82 Å². The molecule has 1 aromatic heterocycles. The second kappa shape index (κ2) is 10.8. The third-order valence-corrected chi connectivity index (χ3v) is 4.64. The minimum atomic E-state index is -5.08. The molecule has 0 saturated carbocycles. The number of fused-ring (bicyclic) bond motifs is 2. The summed E-state index contributed by atoms with van der Waals surface area (Å²) in [4.78, 5) is 15.2. The number of methoxy groups -OCH3 is 2. The summed E-state index contributed by atoms with van der Waals surface area (Å²) in [6, 6.07) is 5.80. The maximum atomic E-state index is 10.6. The number of aliphatic carboxylic acids is 1. The van der Waals surface area contributed by atoms with Crippen molar-refractivity contribution < 1.29 is 37.3 Å². The molecule has 0 amide bonds. The summed E-state index contributed by atoms with van der Waals surface area (Å²) in [5, 5.41) is 20.0. The molecule has 1 aliphatic rings. The molecule has 0 saturated heterocycles. The second-order valence-corrected chi connectivity index (χ2v) is 7.27.